The number of amides is 2. The summed E-state index contributed by atoms with van der Waals surface area (Å²) >= 11 is 0.802. The number of aromatic nitrogens is 3. The Labute approximate surface area is 249 Å². The Kier molecular flexibility index (Phi) is 10.2. The Balaban J connectivity index is 1.63. The number of thioether (sulfide) groups is 1. The van der Waals surface area contributed by atoms with Crippen molar-refractivity contribution in [3.8, 4) is 11.3 Å². The molecule has 4 N–H and O–H groups in total. The number of piperidine rings is 1. The fraction of sp³-hybridized carbons (Fsp3) is 0.615. The van der Waals surface area contributed by atoms with Gasteiger partial charge in [-0.2, -0.15) is 0 Å². The van der Waals surface area contributed by atoms with Crippen LogP contribution in [0.15, 0.2) is 18.3 Å². The van der Waals surface area contributed by atoms with Crippen molar-refractivity contribution in [2.45, 2.75) is 60.4 Å². The number of rotatable bonds is 8. The molecule has 2 saturated heterocycles. The molecule has 17 heteroatoms. The fourth-order valence-electron chi connectivity index (χ4n) is 5.12. The van der Waals surface area contributed by atoms with Gasteiger partial charge in [0.1, 0.15) is 40.7 Å². The molecule has 3 heterocycles. The molecule has 2 fully saturated rings. The van der Waals surface area contributed by atoms with Gasteiger partial charge in [0.05, 0.1) is 25.5 Å². The zero-order valence-corrected chi connectivity index (χ0v) is 24.5. The molecule has 4 rings (SSSR count). The molecule has 2 aliphatic heterocycles. The van der Waals surface area contributed by atoms with E-state index in [1.807, 2.05) is 0 Å². The van der Waals surface area contributed by atoms with Gasteiger partial charge >= 0.3 is 6.09 Å². The molecule has 13 nitrogen and oxygen atoms in total. The van der Waals surface area contributed by atoms with Gasteiger partial charge in [-0.05, 0) is 31.9 Å². The standard InChI is InChI=1S/C26H34F3N5O8S/c1-4-32(2)23(38)22(26(40)5-7-33(8-6-26)25(39)41-3)43-24-21(37)19(20(36)17(12-35)42-24)34-11-16(30-31-34)13-9-14(27)18(29)15(28)10-13/h9-11,17,19-22,24,35-37,40H,4-8,12H2,1-3H3/t17-,19+,20+,21-,22+,24+/m1/s1. The second-order valence-electron chi connectivity index (χ2n) is 10.5. The van der Waals surface area contributed by atoms with E-state index in [0.717, 1.165) is 16.4 Å². The largest absolute Gasteiger partial charge is 0.453 e. The second kappa shape index (κ2) is 13.4. The summed E-state index contributed by atoms with van der Waals surface area (Å²) in [6, 6.07) is 0.104. The van der Waals surface area contributed by atoms with Crippen LogP contribution in [0.5, 0.6) is 0 Å². The number of aliphatic hydroxyl groups excluding tert-OH is 3. The lowest BCUT2D eigenvalue weighted by Gasteiger charge is -2.46. The van der Waals surface area contributed by atoms with Gasteiger partial charge in [0.2, 0.25) is 5.91 Å². The molecule has 238 valence electrons. The topological polar surface area (TPSA) is 171 Å². The van der Waals surface area contributed by atoms with E-state index in [-0.39, 0.29) is 37.2 Å². The van der Waals surface area contributed by atoms with Crippen LogP contribution in [0, 0.1) is 17.5 Å². The van der Waals surface area contributed by atoms with E-state index < -0.39 is 76.7 Å². The summed E-state index contributed by atoms with van der Waals surface area (Å²) in [7, 11) is 2.78. The number of hydrogen-bond donors (Lipinski definition) is 4. The monoisotopic (exact) mass is 633 g/mol. The first-order valence-electron chi connectivity index (χ1n) is 13.5. The number of aliphatic hydroxyl groups is 4. The molecule has 0 aliphatic carbocycles. The SMILES string of the molecule is CCN(C)C(=O)[C@H](S[C@@H]1O[C@H](CO)[C@H](O)[C@H](n2cc(-c3cc(F)c(F)c(F)c3)nn2)[C@H]1O)C1(O)CCN(C(=O)OC)CC1. The average Bonchev–Trinajstić information content (AvgIpc) is 3.48. The Hall–Kier alpha value is -2.96. The highest BCUT2D eigenvalue weighted by Gasteiger charge is 2.52. The van der Waals surface area contributed by atoms with Gasteiger partial charge in [0.25, 0.3) is 0 Å². The van der Waals surface area contributed by atoms with Crippen molar-refractivity contribution < 1.29 is 52.7 Å². The van der Waals surface area contributed by atoms with Crippen LogP contribution in [0.25, 0.3) is 11.3 Å². The zero-order chi connectivity index (χ0) is 31.6. The van der Waals surface area contributed by atoms with Gasteiger partial charge < -0.3 is 39.7 Å². The highest BCUT2D eigenvalue weighted by Crippen LogP contribution is 2.42. The van der Waals surface area contributed by atoms with Gasteiger partial charge in [-0.15, -0.1) is 16.9 Å². The van der Waals surface area contributed by atoms with Gasteiger partial charge in [0, 0.05) is 32.2 Å². The minimum absolute atomic E-state index is 0.0125. The van der Waals surface area contributed by atoms with Crippen molar-refractivity contribution in [3.05, 3.63) is 35.8 Å². The summed E-state index contributed by atoms with van der Waals surface area (Å²) in [5, 5.41) is 50.5. The average molecular weight is 634 g/mol. The van der Waals surface area contributed by atoms with E-state index in [0.29, 0.717) is 18.7 Å². The number of benzene rings is 1. The lowest BCUT2D eigenvalue weighted by atomic mass is 9.87. The maximum atomic E-state index is 13.8. The molecule has 2 amide bonds. The van der Waals surface area contributed by atoms with E-state index in [4.69, 9.17) is 9.47 Å². The van der Waals surface area contributed by atoms with Crippen molar-refractivity contribution in [1.82, 2.24) is 24.8 Å². The third-order valence-electron chi connectivity index (χ3n) is 7.84. The summed E-state index contributed by atoms with van der Waals surface area (Å²) in [6.07, 6.45) is -3.79. The first-order valence-corrected chi connectivity index (χ1v) is 14.4. The van der Waals surface area contributed by atoms with E-state index in [1.165, 1.54) is 23.1 Å². The van der Waals surface area contributed by atoms with E-state index in [2.05, 4.69) is 10.3 Å². The highest BCUT2D eigenvalue weighted by atomic mass is 32.2. The van der Waals surface area contributed by atoms with Gasteiger partial charge in [0.15, 0.2) is 17.5 Å². The molecule has 0 saturated carbocycles. The Bertz CT molecular complexity index is 1290. The summed E-state index contributed by atoms with van der Waals surface area (Å²) in [4.78, 5) is 28.3. The molecule has 0 spiro atoms. The maximum absolute atomic E-state index is 13.8. The number of hydrogen-bond acceptors (Lipinski definition) is 11. The number of carbonyl (C=O) groups excluding carboxylic acids is 2. The Morgan fingerprint density at radius 2 is 1.84 bits per heavy atom. The molecule has 6 atom stereocenters. The lowest BCUT2D eigenvalue weighted by Crippen LogP contribution is -2.59. The van der Waals surface area contributed by atoms with E-state index in [1.54, 1.807) is 14.0 Å². The molecule has 0 radical (unpaired) electrons. The summed E-state index contributed by atoms with van der Waals surface area (Å²) in [6.45, 7) is 1.56. The van der Waals surface area contributed by atoms with E-state index >= 15 is 0 Å². The molecule has 0 bridgehead atoms. The van der Waals surface area contributed by atoms with Gasteiger partial charge in [-0.3, -0.25) is 4.79 Å². The normalized spacial score (nSPS) is 26.2. The number of nitrogens with zero attached hydrogens (tertiary/aromatic N) is 5. The predicted octanol–water partition coefficient (Wildman–Crippen LogP) is 0.516. The Morgan fingerprint density at radius 1 is 1.21 bits per heavy atom. The zero-order valence-electron chi connectivity index (χ0n) is 23.6. The number of ether oxygens (including phenoxy) is 2. The first kappa shape index (κ1) is 32.9. The van der Waals surface area contributed by atoms with E-state index in [9.17, 15) is 43.2 Å². The van der Waals surface area contributed by atoms with Crippen molar-refractivity contribution >= 4 is 23.8 Å². The number of methoxy groups -OCH3 is 1. The third-order valence-corrected chi connectivity index (χ3v) is 9.41. The number of likely N-dealkylation sites (tertiary alicyclic amines) is 1. The van der Waals surface area contributed by atoms with Crippen LogP contribution in [0.3, 0.4) is 0 Å². The molecule has 1 aromatic heterocycles. The Morgan fingerprint density at radius 3 is 2.40 bits per heavy atom. The summed E-state index contributed by atoms with van der Waals surface area (Å²) in [5.41, 5.74) is -3.17. The number of carbonyl (C=O) groups is 2. The summed E-state index contributed by atoms with van der Waals surface area (Å²) in [5.74, 6) is -5.03. The second-order valence-corrected chi connectivity index (χ2v) is 11.7. The van der Waals surface area contributed by atoms with Crippen LogP contribution in [0.2, 0.25) is 0 Å². The van der Waals surface area contributed by atoms with Gasteiger partial charge in [-0.25, -0.2) is 22.6 Å². The molecule has 43 heavy (non-hydrogen) atoms. The quantitative estimate of drug-likeness (QED) is 0.299. The maximum Gasteiger partial charge on any atom is 0.409 e. The molecule has 0 unspecified atom stereocenters. The lowest BCUT2D eigenvalue weighted by molar-refractivity contribution is -0.179. The molecule has 2 aliphatic rings. The predicted molar refractivity (Wildman–Crippen MR) is 145 cm³/mol. The third kappa shape index (κ3) is 6.61. The summed E-state index contributed by atoms with van der Waals surface area (Å²) < 4.78 is 52.7. The first-order chi connectivity index (χ1) is 20.3. The molecular weight excluding hydrogens is 599 g/mol. The highest BCUT2D eigenvalue weighted by molar-refractivity contribution is 8.01. The van der Waals surface area contributed by atoms with Crippen LogP contribution < -0.4 is 0 Å². The molecule has 2 aromatic rings. The minimum atomic E-state index is -1.66. The molecule has 1 aromatic carbocycles. The fourth-order valence-corrected chi connectivity index (χ4v) is 6.71. The smallest absolute Gasteiger partial charge is 0.409 e. The van der Waals surface area contributed by atoms with Crippen LogP contribution in [-0.4, -0.2) is 132 Å². The van der Waals surface area contributed by atoms with Crippen LogP contribution in [-0.2, 0) is 14.3 Å². The van der Waals surface area contributed by atoms with Crippen LogP contribution >= 0.6 is 11.8 Å². The molecular formula is C26H34F3N5O8S. The van der Waals surface area contributed by atoms with Crippen molar-refractivity contribution in [1.29, 1.82) is 0 Å². The van der Waals surface area contributed by atoms with Crippen LogP contribution in [0.1, 0.15) is 25.8 Å². The van der Waals surface area contributed by atoms with Crippen molar-refractivity contribution in [3.63, 3.8) is 0 Å². The van der Waals surface area contributed by atoms with Crippen LogP contribution in [0.4, 0.5) is 18.0 Å². The minimum Gasteiger partial charge on any atom is -0.453 e. The van der Waals surface area contributed by atoms with Crippen molar-refractivity contribution in [2.24, 2.45) is 0 Å². The van der Waals surface area contributed by atoms with Gasteiger partial charge in [-0.1, -0.05) is 5.21 Å². The number of halogens is 3. The van der Waals surface area contributed by atoms with Crippen molar-refractivity contribution in [2.75, 3.05) is 40.4 Å².